The van der Waals surface area contributed by atoms with Crippen molar-refractivity contribution in [3.63, 3.8) is 0 Å². The van der Waals surface area contributed by atoms with Gasteiger partial charge in [0.05, 0.1) is 22.8 Å². The summed E-state index contributed by atoms with van der Waals surface area (Å²) in [5.41, 5.74) is 3.97. The molecule has 1 N–H and O–H groups in total. The van der Waals surface area contributed by atoms with Crippen molar-refractivity contribution in [2.24, 2.45) is 0 Å². The summed E-state index contributed by atoms with van der Waals surface area (Å²) in [6.45, 7) is 4.01. The predicted octanol–water partition coefficient (Wildman–Crippen LogP) is 6.00. The molecule has 5 rings (SSSR count). The fourth-order valence-corrected chi connectivity index (χ4v) is 6.62. The second-order valence-corrected chi connectivity index (χ2v) is 11.3. The number of hydrogen-bond acceptors (Lipinski definition) is 9. The highest BCUT2D eigenvalue weighted by molar-refractivity contribution is 7.99. The van der Waals surface area contributed by atoms with Gasteiger partial charge in [0.1, 0.15) is 5.00 Å². The third-order valence-electron chi connectivity index (χ3n) is 6.50. The molecule has 0 spiro atoms. The third kappa shape index (κ3) is 5.77. The summed E-state index contributed by atoms with van der Waals surface area (Å²) in [6, 6.07) is 13.9. The predicted molar refractivity (Wildman–Crippen MR) is 154 cm³/mol. The number of fused-ring (bicyclic) bond motifs is 1. The van der Waals surface area contributed by atoms with Gasteiger partial charge in [-0.05, 0) is 69.4 Å². The van der Waals surface area contributed by atoms with Crippen LogP contribution in [0.15, 0.2) is 53.7 Å². The number of hydrogen-bond donors (Lipinski definition) is 1. The number of carbonyl (C=O) groups excluding carboxylic acids is 2. The van der Waals surface area contributed by atoms with Crippen molar-refractivity contribution < 1.29 is 19.2 Å². The molecule has 0 unspecified atom stereocenters. The van der Waals surface area contributed by atoms with E-state index in [1.165, 1.54) is 35.2 Å². The molecule has 1 aliphatic carbocycles. The number of benzene rings is 2. The number of nitro groups is 1. The van der Waals surface area contributed by atoms with Crippen LogP contribution in [0.5, 0.6) is 0 Å². The first-order chi connectivity index (χ1) is 19.4. The molecule has 1 aliphatic rings. The summed E-state index contributed by atoms with van der Waals surface area (Å²) in [5.74, 6) is -0.145. The van der Waals surface area contributed by atoms with Crippen molar-refractivity contribution in [2.75, 3.05) is 17.7 Å². The van der Waals surface area contributed by atoms with Gasteiger partial charge in [-0.25, -0.2) is 4.79 Å². The van der Waals surface area contributed by atoms with Gasteiger partial charge in [-0.1, -0.05) is 29.5 Å². The first kappa shape index (κ1) is 27.5. The molecule has 0 radical (unpaired) electrons. The van der Waals surface area contributed by atoms with Gasteiger partial charge in [-0.2, -0.15) is 0 Å². The first-order valence-corrected chi connectivity index (χ1v) is 14.7. The Morgan fingerprint density at radius 3 is 2.52 bits per heavy atom. The van der Waals surface area contributed by atoms with Crippen LogP contribution >= 0.6 is 23.1 Å². The van der Waals surface area contributed by atoms with Crippen LogP contribution in [0, 0.1) is 17.0 Å². The maximum atomic E-state index is 13.1. The maximum absolute atomic E-state index is 13.1. The Bertz CT molecular complexity index is 1560. The van der Waals surface area contributed by atoms with Crippen LogP contribution < -0.4 is 5.32 Å². The summed E-state index contributed by atoms with van der Waals surface area (Å²) < 4.78 is 7.12. The van der Waals surface area contributed by atoms with Crippen molar-refractivity contribution in [1.29, 1.82) is 0 Å². The van der Waals surface area contributed by atoms with E-state index in [2.05, 4.69) is 15.5 Å². The van der Waals surface area contributed by atoms with E-state index in [-0.39, 0.29) is 24.0 Å². The normalized spacial score (nSPS) is 12.6. The summed E-state index contributed by atoms with van der Waals surface area (Å²) >= 11 is 2.66. The molecule has 40 heavy (non-hydrogen) atoms. The minimum atomic E-state index is -0.453. The van der Waals surface area contributed by atoms with Crippen LogP contribution in [0.1, 0.15) is 46.1 Å². The zero-order valence-electron chi connectivity index (χ0n) is 22.0. The lowest BCUT2D eigenvalue weighted by atomic mass is 9.95. The molecule has 10 nitrogen and oxygen atoms in total. The fraction of sp³-hybridized carbons (Fsp3) is 0.286. The van der Waals surface area contributed by atoms with Crippen LogP contribution in [0.2, 0.25) is 0 Å². The smallest absolute Gasteiger partial charge is 0.341 e. The molecule has 2 aromatic heterocycles. The van der Waals surface area contributed by atoms with Gasteiger partial charge >= 0.3 is 5.97 Å². The molecule has 4 aromatic rings. The molecule has 206 valence electrons. The molecule has 2 aromatic carbocycles. The Morgan fingerprint density at radius 2 is 1.82 bits per heavy atom. The molecular formula is C28H27N5O5S2. The average molecular weight is 578 g/mol. The van der Waals surface area contributed by atoms with Crippen LogP contribution in [0.25, 0.3) is 17.1 Å². The fourth-order valence-electron chi connectivity index (χ4n) is 4.58. The number of nitrogens with zero attached hydrogens (tertiary/aromatic N) is 4. The number of ether oxygens (including phenoxy) is 1. The van der Waals surface area contributed by atoms with Crippen molar-refractivity contribution in [3.05, 3.63) is 80.2 Å². The number of rotatable bonds is 9. The Hall–Kier alpha value is -4.03. The summed E-state index contributed by atoms with van der Waals surface area (Å²) in [5, 5.41) is 23.8. The van der Waals surface area contributed by atoms with Gasteiger partial charge in [0, 0.05) is 28.3 Å². The molecule has 2 heterocycles. The second kappa shape index (κ2) is 12.0. The number of non-ortho nitro benzene ring substituents is 1. The number of anilines is 1. The van der Waals surface area contributed by atoms with E-state index < -0.39 is 10.9 Å². The lowest BCUT2D eigenvalue weighted by Gasteiger charge is -2.12. The number of aromatic nitrogens is 3. The van der Waals surface area contributed by atoms with E-state index in [9.17, 15) is 19.7 Å². The van der Waals surface area contributed by atoms with Crippen LogP contribution in [-0.4, -0.2) is 43.9 Å². The van der Waals surface area contributed by atoms with Gasteiger partial charge in [0.25, 0.3) is 5.69 Å². The number of aryl methyl sites for hydroxylation is 2. The Morgan fingerprint density at radius 1 is 1.10 bits per heavy atom. The van der Waals surface area contributed by atoms with Gasteiger partial charge in [0.2, 0.25) is 5.91 Å². The van der Waals surface area contributed by atoms with E-state index >= 15 is 0 Å². The molecule has 0 atom stereocenters. The standard InChI is InChI=1S/C28H27N5O5S2/c1-3-38-27(35)24-21-6-4-5-7-22(21)40-26(24)29-23(34)16-39-28-31-30-25(18-10-14-20(15-11-18)33(36)37)32(28)19-12-8-17(2)9-13-19/h8-15H,3-7,16H2,1-2H3,(H,29,34). The molecular weight excluding hydrogens is 550 g/mol. The molecule has 1 amide bonds. The molecule has 0 saturated heterocycles. The van der Waals surface area contributed by atoms with Gasteiger partial charge in [-0.15, -0.1) is 21.5 Å². The number of thioether (sulfide) groups is 1. The van der Waals surface area contributed by atoms with Gasteiger partial charge in [-0.3, -0.25) is 19.5 Å². The minimum absolute atomic E-state index is 0.0196. The number of esters is 1. The molecule has 0 aliphatic heterocycles. The minimum Gasteiger partial charge on any atom is -0.462 e. The first-order valence-electron chi connectivity index (χ1n) is 12.9. The number of nitrogens with one attached hydrogen (secondary N) is 1. The Labute approximate surface area is 238 Å². The van der Waals surface area contributed by atoms with Crippen molar-refractivity contribution in [3.8, 4) is 17.1 Å². The van der Waals surface area contributed by atoms with E-state index in [0.29, 0.717) is 27.1 Å². The van der Waals surface area contributed by atoms with Crippen molar-refractivity contribution in [1.82, 2.24) is 14.8 Å². The molecule has 0 saturated carbocycles. The van der Waals surface area contributed by atoms with E-state index in [1.807, 2.05) is 35.8 Å². The van der Waals surface area contributed by atoms with Crippen molar-refractivity contribution >= 4 is 45.7 Å². The zero-order chi connectivity index (χ0) is 28.2. The quantitative estimate of drug-likeness (QED) is 0.111. The molecule has 0 fully saturated rings. The second-order valence-electron chi connectivity index (χ2n) is 9.25. The van der Waals surface area contributed by atoms with Crippen LogP contribution in [0.4, 0.5) is 10.7 Å². The summed E-state index contributed by atoms with van der Waals surface area (Å²) in [6.07, 6.45) is 3.76. The number of thiophene rings is 1. The SMILES string of the molecule is CCOC(=O)c1c(NC(=O)CSc2nnc(-c3ccc([N+](=O)[O-])cc3)n2-c2ccc(C)cc2)sc2c1CCCC2. The van der Waals surface area contributed by atoms with E-state index in [4.69, 9.17) is 4.74 Å². The molecule has 12 heteroatoms. The lowest BCUT2D eigenvalue weighted by molar-refractivity contribution is -0.384. The zero-order valence-corrected chi connectivity index (χ0v) is 23.6. The highest BCUT2D eigenvalue weighted by Crippen LogP contribution is 2.39. The van der Waals surface area contributed by atoms with Crippen LogP contribution in [0.3, 0.4) is 0 Å². The number of carbonyl (C=O) groups is 2. The summed E-state index contributed by atoms with van der Waals surface area (Å²) in [4.78, 5) is 37.6. The largest absolute Gasteiger partial charge is 0.462 e. The number of amides is 1. The molecule has 0 bridgehead atoms. The number of nitro benzene ring substituents is 1. The lowest BCUT2D eigenvalue weighted by Crippen LogP contribution is -2.17. The Balaban J connectivity index is 1.40. The van der Waals surface area contributed by atoms with Crippen LogP contribution in [-0.2, 0) is 22.4 Å². The van der Waals surface area contributed by atoms with Gasteiger partial charge < -0.3 is 10.1 Å². The maximum Gasteiger partial charge on any atom is 0.341 e. The van der Waals surface area contributed by atoms with E-state index in [0.717, 1.165) is 47.4 Å². The van der Waals surface area contributed by atoms with Gasteiger partial charge in [0.15, 0.2) is 11.0 Å². The van der Waals surface area contributed by atoms with Crippen molar-refractivity contribution in [2.45, 2.75) is 44.7 Å². The third-order valence-corrected chi connectivity index (χ3v) is 8.63. The average Bonchev–Trinajstić information content (AvgIpc) is 3.54. The Kier molecular flexibility index (Phi) is 8.27. The highest BCUT2D eigenvalue weighted by atomic mass is 32.2. The van der Waals surface area contributed by atoms with E-state index in [1.54, 1.807) is 19.1 Å². The summed E-state index contributed by atoms with van der Waals surface area (Å²) in [7, 11) is 0. The highest BCUT2D eigenvalue weighted by Gasteiger charge is 2.27. The monoisotopic (exact) mass is 577 g/mol. The topological polar surface area (TPSA) is 129 Å².